The van der Waals surface area contributed by atoms with Crippen molar-refractivity contribution in [2.75, 3.05) is 0 Å². The zero-order valence-corrected chi connectivity index (χ0v) is 20.8. The van der Waals surface area contributed by atoms with Crippen molar-refractivity contribution >= 4 is 47.0 Å². The van der Waals surface area contributed by atoms with E-state index in [0.29, 0.717) is 21.4 Å². The van der Waals surface area contributed by atoms with E-state index in [1.807, 2.05) is 48.5 Å². The van der Waals surface area contributed by atoms with Gasteiger partial charge in [-0.1, -0.05) is 73.4 Å². The smallest absolute Gasteiger partial charge is 0.141 e. The van der Waals surface area contributed by atoms with Crippen LogP contribution in [-0.2, 0) is 5.41 Å². The van der Waals surface area contributed by atoms with E-state index in [-0.39, 0.29) is 11.5 Å². The summed E-state index contributed by atoms with van der Waals surface area (Å²) < 4.78 is 0. The molecular formula is C29H24Cl2N2O2. The standard InChI is InChI=1S/C29H24Cl2N2O2/c1-29(2,21-7-13-27(34)25(15-21)32-17-19-3-9-23(30)10-4-19)22-8-14-28(35)26(16-22)33-18-20-5-11-24(31)12-6-20/h3-18,34-35H,1-2H3. The normalized spacial score (nSPS) is 12.0. The van der Waals surface area contributed by atoms with Crippen LogP contribution in [0.5, 0.6) is 11.5 Å². The van der Waals surface area contributed by atoms with Crippen LogP contribution < -0.4 is 0 Å². The van der Waals surface area contributed by atoms with Crippen LogP contribution >= 0.6 is 23.2 Å². The number of benzene rings is 4. The lowest BCUT2D eigenvalue weighted by molar-refractivity contribution is 0.475. The van der Waals surface area contributed by atoms with Gasteiger partial charge in [0.05, 0.1) is 0 Å². The van der Waals surface area contributed by atoms with Crippen LogP contribution in [0.2, 0.25) is 10.0 Å². The third-order valence-electron chi connectivity index (χ3n) is 5.84. The van der Waals surface area contributed by atoms with Gasteiger partial charge in [0.25, 0.3) is 0 Å². The quantitative estimate of drug-likeness (QED) is 0.260. The molecule has 0 atom stereocenters. The first-order valence-electron chi connectivity index (χ1n) is 11.0. The number of hydrogen-bond donors (Lipinski definition) is 2. The molecule has 0 aliphatic heterocycles. The number of hydrogen-bond acceptors (Lipinski definition) is 4. The molecule has 0 saturated carbocycles. The monoisotopic (exact) mass is 502 g/mol. The van der Waals surface area contributed by atoms with E-state index in [9.17, 15) is 10.2 Å². The van der Waals surface area contributed by atoms with Crippen LogP contribution in [0.25, 0.3) is 0 Å². The summed E-state index contributed by atoms with van der Waals surface area (Å²) in [5.74, 6) is 0.183. The fourth-order valence-corrected chi connectivity index (χ4v) is 3.84. The highest BCUT2D eigenvalue weighted by Crippen LogP contribution is 2.39. The molecule has 0 unspecified atom stereocenters. The second-order valence-corrected chi connectivity index (χ2v) is 9.52. The lowest BCUT2D eigenvalue weighted by Gasteiger charge is -2.27. The lowest BCUT2D eigenvalue weighted by Crippen LogP contribution is -2.18. The van der Waals surface area contributed by atoms with Crippen molar-refractivity contribution < 1.29 is 10.2 Å². The molecule has 4 aromatic carbocycles. The Kier molecular flexibility index (Phi) is 7.25. The number of nitrogens with zero attached hydrogens (tertiary/aromatic N) is 2. The van der Waals surface area contributed by atoms with Crippen LogP contribution in [0.3, 0.4) is 0 Å². The summed E-state index contributed by atoms with van der Waals surface area (Å²) in [7, 11) is 0. The third-order valence-corrected chi connectivity index (χ3v) is 6.34. The summed E-state index contributed by atoms with van der Waals surface area (Å²) in [6.07, 6.45) is 3.37. The van der Waals surface area contributed by atoms with Gasteiger partial charge in [0.15, 0.2) is 0 Å². The van der Waals surface area contributed by atoms with E-state index in [1.165, 1.54) is 0 Å². The van der Waals surface area contributed by atoms with Crippen molar-refractivity contribution in [3.63, 3.8) is 0 Å². The average Bonchev–Trinajstić information content (AvgIpc) is 2.85. The summed E-state index contributed by atoms with van der Waals surface area (Å²) >= 11 is 11.9. The minimum atomic E-state index is -0.448. The Morgan fingerprint density at radius 1 is 0.600 bits per heavy atom. The molecule has 6 heteroatoms. The van der Waals surface area contributed by atoms with Crippen molar-refractivity contribution in [2.45, 2.75) is 19.3 Å². The number of aliphatic imine (C=N–C) groups is 2. The largest absolute Gasteiger partial charge is 0.506 e. The number of phenols is 2. The maximum Gasteiger partial charge on any atom is 0.141 e. The fourth-order valence-electron chi connectivity index (χ4n) is 3.58. The Hall–Kier alpha value is -3.60. The van der Waals surface area contributed by atoms with Crippen molar-refractivity contribution in [3.8, 4) is 11.5 Å². The van der Waals surface area contributed by atoms with Crippen molar-refractivity contribution in [3.05, 3.63) is 117 Å². The minimum Gasteiger partial charge on any atom is -0.506 e. The Morgan fingerprint density at radius 3 is 1.34 bits per heavy atom. The highest BCUT2D eigenvalue weighted by atomic mass is 35.5. The molecule has 35 heavy (non-hydrogen) atoms. The van der Waals surface area contributed by atoms with E-state index >= 15 is 0 Å². The molecule has 0 amide bonds. The molecule has 0 saturated heterocycles. The van der Waals surface area contributed by atoms with E-state index < -0.39 is 5.41 Å². The highest BCUT2D eigenvalue weighted by molar-refractivity contribution is 6.30. The second-order valence-electron chi connectivity index (χ2n) is 8.65. The van der Waals surface area contributed by atoms with Crippen LogP contribution in [0.15, 0.2) is 94.9 Å². The molecule has 4 aromatic rings. The van der Waals surface area contributed by atoms with Crippen molar-refractivity contribution in [1.29, 1.82) is 0 Å². The molecule has 0 spiro atoms. The lowest BCUT2D eigenvalue weighted by atomic mass is 9.77. The van der Waals surface area contributed by atoms with Crippen LogP contribution in [0, 0.1) is 0 Å². The van der Waals surface area contributed by atoms with Crippen molar-refractivity contribution in [2.24, 2.45) is 9.98 Å². The Morgan fingerprint density at radius 2 is 0.971 bits per heavy atom. The predicted molar refractivity (Wildman–Crippen MR) is 146 cm³/mol. The summed E-state index contributed by atoms with van der Waals surface area (Å²) in [6, 6.07) is 25.4. The first kappa shape index (κ1) is 24.5. The SMILES string of the molecule is CC(C)(c1ccc(O)c(N=Cc2ccc(Cl)cc2)c1)c1ccc(O)c(N=Cc2ccc(Cl)cc2)c1. The molecule has 0 radical (unpaired) electrons. The Bertz CT molecular complexity index is 1290. The van der Waals surface area contributed by atoms with E-state index in [0.717, 1.165) is 22.3 Å². The van der Waals surface area contributed by atoms with Crippen molar-refractivity contribution in [1.82, 2.24) is 0 Å². The molecule has 0 fully saturated rings. The zero-order valence-electron chi connectivity index (χ0n) is 19.3. The molecule has 0 bridgehead atoms. The fraction of sp³-hybridized carbons (Fsp3) is 0.103. The topological polar surface area (TPSA) is 65.2 Å². The molecule has 0 aromatic heterocycles. The maximum atomic E-state index is 10.4. The van der Waals surface area contributed by atoms with Gasteiger partial charge in [-0.3, -0.25) is 9.98 Å². The van der Waals surface area contributed by atoms with Crippen LogP contribution in [0.1, 0.15) is 36.1 Å². The molecule has 2 N–H and O–H groups in total. The molecule has 4 rings (SSSR count). The number of halogens is 2. The van der Waals surface area contributed by atoms with E-state index in [2.05, 4.69) is 23.8 Å². The zero-order chi connectivity index (χ0) is 25.0. The summed E-state index contributed by atoms with van der Waals surface area (Å²) in [5, 5.41) is 22.1. The minimum absolute atomic E-state index is 0.0914. The first-order chi connectivity index (χ1) is 16.7. The number of phenolic OH excluding ortho intramolecular Hbond substituents is 2. The predicted octanol–water partition coefficient (Wildman–Crippen LogP) is 8.23. The average molecular weight is 503 g/mol. The van der Waals surface area contributed by atoms with Gasteiger partial charge in [0, 0.05) is 27.9 Å². The Balaban J connectivity index is 1.63. The Labute approximate surface area is 214 Å². The summed E-state index contributed by atoms with van der Waals surface area (Å²) in [5.41, 5.74) is 4.14. The van der Waals surface area contributed by atoms with Gasteiger partial charge in [0.1, 0.15) is 22.9 Å². The summed E-state index contributed by atoms with van der Waals surface area (Å²) in [4.78, 5) is 8.97. The maximum absolute atomic E-state index is 10.4. The van der Waals surface area contributed by atoms with Gasteiger partial charge in [-0.05, 0) is 70.8 Å². The molecular weight excluding hydrogens is 479 g/mol. The van der Waals surface area contributed by atoms with Gasteiger partial charge in [-0.25, -0.2) is 0 Å². The van der Waals surface area contributed by atoms with Gasteiger partial charge in [-0.2, -0.15) is 0 Å². The molecule has 0 aliphatic rings. The second kappa shape index (κ2) is 10.3. The van der Waals surface area contributed by atoms with E-state index in [4.69, 9.17) is 23.2 Å². The van der Waals surface area contributed by atoms with Crippen LogP contribution in [-0.4, -0.2) is 22.6 Å². The number of rotatable bonds is 6. The third kappa shape index (κ3) is 5.91. The first-order valence-corrected chi connectivity index (χ1v) is 11.7. The van der Waals surface area contributed by atoms with Gasteiger partial charge >= 0.3 is 0 Å². The van der Waals surface area contributed by atoms with Gasteiger partial charge < -0.3 is 10.2 Å². The molecule has 176 valence electrons. The van der Waals surface area contributed by atoms with Gasteiger partial charge in [-0.15, -0.1) is 0 Å². The highest BCUT2D eigenvalue weighted by Gasteiger charge is 2.25. The van der Waals surface area contributed by atoms with Gasteiger partial charge in [0.2, 0.25) is 0 Å². The molecule has 4 nitrogen and oxygen atoms in total. The summed E-state index contributed by atoms with van der Waals surface area (Å²) in [6.45, 7) is 4.15. The number of aromatic hydroxyl groups is 2. The molecule has 0 aliphatic carbocycles. The van der Waals surface area contributed by atoms with Crippen LogP contribution in [0.4, 0.5) is 11.4 Å². The molecule has 0 heterocycles. The van der Waals surface area contributed by atoms with E-state index in [1.54, 1.807) is 48.8 Å².